The van der Waals surface area contributed by atoms with Gasteiger partial charge in [-0.3, -0.25) is 9.78 Å². The minimum Gasteiger partial charge on any atom is -0.336 e. The molecule has 3 rings (SSSR count). The summed E-state index contributed by atoms with van der Waals surface area (Å²) in [4.78, 5) is 18.3. The fourth-order valence-electron chi connectivity index (χ4n) is 2.43. The molecule has 1 aliphatic heterocycles. The van der Waals surface area contributed by atoms with E-state index in [2.05, 4.69) is 4.98 Å². The second-order valence-corrected chi connectivity index (χ2v) is 5.74. The van der Waals surface area contributed by atoms with Gasteiger partial charge in [0.15, 0.2) is 0 Å². The first-order valence-corrected chi connectivity index (χ1v) is 7.41. The quantitative estimate of drug-likeness (QED) is 0.842. The summed E-state index contributed by atoms with van der Waals surface area (Å²) in [5.74, 6) is 1.16. The van der Waals surface area contributed by atoms with Gasteiger partial charge in [0.25, 0.3) is 5.91 Å². The third-order valence-corrected chi connectivity index (χ3v) is 4.30. The van der Waals surface area contributed by atoms with Gasteiger partial charge >= 0.3 is 0 Å². The molecular weight excluding hydrogens is 307 g/mol. The number of pyridine rings is 1. The molecule has 5 heteroatoms. The van der Waals surface area contributed by atoms with Crippen molar-refractivity contribution in [2.45, 2.75) is 6.42 Å². The van der Waals surface area contributed by atoms with E-state index in [4.69, 9.17) is 23.2 Å². The van der Waals surface area contributed by atoms with Crippen LogP contribution in [-0.4, -0.2) is 28.9 Å². The van der Waals surface area contributed by atoms with Crippen molar-refractivity contribution in [2.75, 3.05) is 13.1 Å². The first-order chi connectivity index (χ1) is 10.1. The van der Waals surface area contributed by atoms with E-state index in [0.717, 1.165) is 12.0 Å². The van der Waals surface area contributed by atoms with Gasteiger partial charge in [-0.05, 0) is 36.2 Å². The van der Waals surface area contributed by atoms with Gasteiger partial charge < -0.3 is 4.90 Å². The van der Waals surface area contributed by atoms with E-state index in [0.29, 0.717) is 28.8 Å². The van der Waals surface area contributed by atoms with Gasteiger partial charge in [0.1, 0.15) is 5.69 Å². The number of carbonyl (C=O) groups is 1. The average molecular weight is 320 g/mol. The number of amides is 1. The maximum atomic E-state index is 12.3. The van der Waals surface area contributed by atoms with Gasteiger partial charge in [-0.1, -0.05) is 35.3 Å². The summed E-state index contributed by atoms with van der Waals surface area (Å²) in [7, 11) is 0. The van der Waals surface area contributed by atoms with Crippen LogP contribution in [-0.2, 0) is 0 Å². The molecule has 2 aromatic rings. The minimum atomic E-state index is -0.0364. The Balaban J connectivity index is 1.73. The highest BCUT2D eigenvalue weighted by Gasteiger charge is 2.29. The van der Waals surface area contributed by atoms with E-state index in [1.165, 1.54) is 5.92 Å². The fourth-order valence-corrected chi connectivity index (χ4v) is 2.73. The third kappa shape index (κ3) is 3.04. The van der Waals surface area contributed by atoms with Crippen molar-refractivity contribution < 1.29 is 4.79 Å². The van der Waals surface area contributed by atoms with Crippen molar-refractivity contribution in [1.82, 2.24) is 9.88 Å². The van der Waals surface area contributed by atoms with E-state index >= 15 is 0 Å². The Morgan fingerprint density at radius 2 is 2.00 bits per heavy atom. The fraction of sp³-hybridized carbons (Fsp3) is 0.188. The number of aromatic nitrogens is 1. The first-order valence-electron chi connectivity index (χ1n) is 6.65. The number of nitrogens with zero attached hydrogens (tertiary/aromatic N) is 2. The van der Waals surface area contributed by atoms with E-state index in [-0.39, 0.29) is 5.91 Å². The van der Waals surface area contributed by atoms with Gasteiger partial charge in [-0.2, -0.15) is 0 Å². The van der Waals surface area contributed by atoms with Crippen LogP contribution in [0.1, 0.15) is 22.5 Å². The highest BCUT2D eigenvalue weighted by atomic mass is 35.5. The summed E-state index contributed by atoms with van der Waals surface area (Å²) in [5.41, 5.74) is 1.52. The summed E-state index contributed by atoms with van der Waals surface area (Å²) in [6.07, 6.45) is 2.48. The van der Waals surface area contributed by atoms with Gasteiger partial charge in [0.05, 0.1) is 10.0 Å². The number of benzene rings is 1. The lowest BCUT2D eigenvalue weighted by atomic mass is 9.99. The Morgan fingerprint density at radius 1 is 1.14 bits per heavy atom. The number of carbonyl (C=O) groups excluding carboxylic acids is 1. The molecule has 1 aromatic carbocycles. The lowest BCUT2D eigenvalue weighted by Gasteiger charge is -2.16. The van der Waals surface area contributed by atoms with E-state index in [1.54, 1.807) is 29.3 Å². The van der Waals surface area contributed by atoms with Crippen molar-refractivity contribution in [1.29, 1.82) is 0 Å². The van der Waals surface area contributed by atoms with Gasteiger partial charge in [-0.25, -0.2) is 0 Å². The number of hydrogen-bond acceptors (Lipinski definition) is 2. The molecule has 1 radical (unpaired) electrons. The molecule has 0 bridgehead atoms. The van der Waals surface area contributed by atoms with Crippen LogP contribution in [0.2, 0.25) is 10.0 Å². The second-order valence-electron chi connectivity index (χ2n) is 4.92. The number of likely N-dealkylation sites (tertiary alicyclic amines) is 1. The standard InChI is InChI=1S/C16H13Cl2N2O/c17-13-5-4-11(9-14(13)18)12-6-8-20(10-12)16(21)15-3-1-2-7-19-15/h1-5,7,9H,6,8,10H2. The highest BCUT2D eigenvalue weighted by Crippen LogP contribution is 2.31. The predicted molar refractivity (Wildman–Crippen MR) is 83.6 cm³/mol. The SMILES string of the molecule is O=C(c1ccccn1)N1CC[C](c2ccc(Cl)c(Cl)c2)C1. The molecule has 1 amide bonds. The van der Waals surface area contributed by atoms with Crippen molar-refractivity contribution in [3.05, 3.63) is 69.8 Å². The minimum absolute atomic E-state index is 0.0364. The first kappa shape index (κ1) is 14.4. The van der Waals surface area contributed by atoms with Crippen molar-refractivity contribution >= 4 is 29.1 Å². The number of rotatable bonds is 2. The molecule has 0 N–H and O–H groups in total. The Hall–Kier alpha value is -1.58. The summed E-state index contributed by atoms with van der Waals surface area (Å²) in [6, 6.07) is 10.9. The lowest BCUT2D eigenvalue weighted by molar-refractivity contribution is 0.0789. The maximum Gasteiger partial charge on any atom is 0.272 e. The smallest absolute Gasteiger partial charge is 0.272 e. The highest BCUT2D eigenvalue weighted by molar-refractivity contribution is 6.42. The summed E-state index contributed by atoms with van der Waals surface area (Å²) in [6.45, 7) is 1.30. The monoisotopic (exact) mass is 319 g/mol. The van der Waals surface area contributed by atoms with Crippen LogP contribution < -0.4 is 0 Å². The number of hydrogen-bond donors (Lipinski definition) is 0. The molecule has 1 aliphatic rings. The molecule has 1 fully saturated rings. The Morgan fingerprint density at radius 3 is 2.71 bits per heavy atom. The summed E-state index contributed by atoms with van der Waals surface area (Å²) in [5, 5.41) is 1.08. The molecule has 0 atom stereocenters. The molecule has 107 valence electrons. The van der Waals surface area contributed by atoms with Crippen LogP contribution in [0.5, 0.6) is 0 Å². The van der Waals surface area contributed by atoms with Crippen LogP contribution in [0, 0.1) is 5.92 Å². The normalized spacial score (nSPS) is 15.4. The third-order valence-electron chi connectivity index (χ3n) is 3.56. The van der Waals surface area contributed by atoms with Crippen LogP contribution in [0.4, 0.5) is 0 Å². The zero-order chi connectivity index (χ0) is 14.8. The molecule has 1 aromatic heterocycles. The Bertz CT molecular complexity index is 661. The molecule has 0 spiro atoms. The zero-order valence-electron chi connectivity index (χ0n) is 11.2. The molecule has 3 nitrogen and oxygen atoms in total. The molecule has 0 saturated carbocycles. The molecule has 1 saturated heterocycles. The van der Waals surface area contributed by atoms with E-state index in [9.17, 15) is 4.79 Å². The van der Waals surface area contributed by atoms with Crippen LogP contribution >= 0.6 is 23.2 Å². The second kappa shape index (κ2) is 6.04. The van der Waals surface area contributed by atoms with Gasteiger partial charge in [-0.15, -0.1) is 0 Å². The summed E-state index contributed by atoms with van der Waals surface area (Å²) < 4.78 is 0. The van der Waals surface area contributed by atoms with Crippen molar-refractivity contribution in [3.8, 4) is 0 Å². The Kier molecular flexibility index (Phi) is 4.13. The van der Waals surface area contributed by atoms with E-state index < -0.39 is 0 Å². The molecule has 21 heavy (non-hydrogen) atoms. The Labute approximate surface area is 133 Å². The number of halogens is 2. The molecule has 0 unspecified atom stereocenters. The molecule has 0 aliphatic carbocycles. The van der Waals surface area contributed by atoms with Crippen molar-refractivity contribution in [3.63, 3.8) is 0 Å². The van der Waals surface area contributed by atoms with Gasteiger partial charge in [0.2, 0.25) is 0 Å². The summed E-state index contributed by atoms with van der Waals surface area (Å²) >= 11 is 12.0. The van der Waals surface area contributed by atoms with Crippen LogP contribution in [0.25, 0.3) is 0 Å². The average Bonchev–Trinajstić information content (AvgIpc) is 3.00. The van der Waals surface area contributed by atoms with Gasteiger partial charge in [0, 0.05) is 25.2 Å². The zero-order valence-corrected chi connectivity index (χ0v) is 12.7. The van der Waals surface area contributed by atoms with Crippen molar-refractivity contribution in [2.24, 2.45) is 0 Å². The topological polar surface area (TPSA) is 33.2 Å². The molecular formula is C16H13Cl2N2O. The van der Waals surface area contributed by atoms with Crippen LogP contribution in [0.15, 0.2) is 42.6 Å². The predicted octanol–water partition coefficient (Wildman–Crippen LogP) is 3.86. The van der Waals surface area contributed by atoms with E-state index in [1.807, 2.05) is 18.2 Å². The molecule has 2 heterocycles. The van der Waals surface area contributed by atoms with Crippen LogP contribution in [0.3, 0.4) is 0 Å². The lowest BCUT2D eigenvalue weighted by Crippen LogP contribution is -2.29. The maximum absolute atomic E-state index is 12.3. The largest absolute Gasteiger partial charge is 0.336 e.